The first-order valence-corrected chi connectivity index (χ1v) is 14.3. The lowest BCUT2D eigenvalue weighted by Gasteiger charge is -2.26. The Hall–Kier alpha value is -1.21. The number of amides is 2. The van der Waals surface area contributed by atoms with Gasteiger partial charge in [-0.2, -0.15) is 0 Å². The third-order valence-corrected chi connectivity index (χ3v) is 8.68. The first-order valence-electron chi connectivity index (χ1n) is 12.7. The highest BCUT2D eigenvalue weighted by atomic mass is 79.9. The SMILES string of the molecule is CCC(CC)CC(=O)Sc1cc(N(C(=O)CC(CC)CC)C(=O)CC(CC)CC)c(F)cc1Br. The first kappa shape index (κ1) is 30.8. The normalized spacial score (nSPS) is 11.5. The Bertz CT molecular complexity index is 794. The first-order chi connectivity index (χ1) is 16.1. The number of benzene rings is 1. The molecule has 0 bridgehead atoms. The quantitative estimate of drug-likeness (QED) is 0.215. The molecule has 1 rings (SSSR count). The zero-order valence-corrected chi connectivity index (χ0v) is 24.0. The predicted molar refractivity (Wildman–Crippen MR) is 144 cm³/mol. The third-order valence-electron chi connectivity index (χ3n) is 6.81. The maximum atomic E-state index is 15.2. The molecule has 4 nitrogen and oxygen atoms in total. The van der Waals surface area contributed by atoms with Crippen LogP contribution >= 0.6 is 27.7 Å². The predicted octanol–water partition coefficient (Wildman–Crippen LogP) is 8.55. The molecule has 7 heteroatoms. The van der Waals surface area contributed by atoms with E-state index in [-0.39, 0.29) is 47.3 Å². The topological polar surface area (TPSA) is 54.5 Å². The van der Waals surface area contributed by atoms with Gasteiger partial charge in [0.2, 0.25) is 11.8 Å². The van der Waals surface area contributed by atoms with E-state index in [9.17, 15) is 14.4 Å². The summed E-state index contributed by atoms with van der Waals surface area (Å²) in [5.74, 6) is -0.858. The number of nitrogens with zero attached hydrogens (tertiary/aromatic N) is 1. The van der Waals surface area contributed by atoms with Crippen molar-refractivity contribution in [1.82, 2.24) is 0 Å². The standard InChI is InChI=1S/C27H41BrFNO3S/c1-7-18(8-2)13-25(31)30(26(32)14-19(9-3)10-4)23-17-24(21(28)16-22(23)29)34-27(33)15-20(11-5)12-6/h16-20H,7-15H2,1-6H3. The van der Waals surface area contributed by atoms with Crippen LogP contribution in [0.1, 0.15) is 99.3 Å². The molecule has 0 aliphatic heterocycles. The van der Waals surface area contributed by atoms with Crippen molar-refractivity contribution >= 4 is 50.3 Å². The van der Waals surface area contributed by atoms with Gasteiger partial charge in [0, 0.05) is 28.6 Å². The summed E-state index contributed by atoms with van der Waals surface area (Å²) in [6.07, 6.45) is 5.89. The van der Waals surface area contributed by atoms with E-state index in [0.717, 1.165) is 55.2 Å². The molecule has 0 aromatic heterocycles. The number of carbonyl (C=O) groups is 3. The molecule has 0 saturated heterocycles. The highest BCUT2D eigenvalue weighted by Crippen LogP contribution is 2.36. The van der Waals surface area contributed by atoms with Crippen molar-refractivity contribution in [3.8, 4) is 0 Å². The Labute approximate surface area is 217 Å². The van der Waals surface area contributed by atoms with Crippen LogP contribution < -0.4 is 4.90 Å². The smallest absolute Gasteiger partial charge is 0.234 e. The number of halogens is 2. The molecule has 0 N–H and O–H groups in total. The van der Waals surface area contributed by atoms with E-state index >= 15 is 4.39 Å². The summed E-state index contributed by atoms with van der Waals surface area (Å²) in [5.41, 5.74) is -0.0621. The van der Waals surface area contributed by atoms with Crippen molar-refractivity contribution < 1.29 is 18.8 Å². The zero-order chi connectivity index (χ0) is 25.8. The van der Waals surface area contributed by atoms with Crippen LogP contribution in [0.25, 0.3) is 0 Å². The Morgan fingerprint density at radius 3 is 1.62 bits per heavy atom. The number of hydrogen-bond acceptors (Lipinski definition) is 4. The summed E-state index contributed by atoms with van der Waals surface area (Å²) < 4.78 is 15.6. The van der Waals surface area contributed by atoms with Gasteiger partial charge in [0.1, 0.15) is 5.82 Å². The monoisotopic (exact) mass is 557 g/mol. The van der Waals surface area contributed by atoms with E-state index in [4.69, 9.17) is 0 Å². The molecule has 0 spiro atoms. The maximum Gasteiger partial charge on any atom is 0.234 e. The summed E-state index contributed by atoms with van der Waals surface area (Å²) in [6.45, 7) is 12.2. The molecule has 0 heterocycles. The number of hydrogen-bond donors (Lipinski definition) is 0. The lowest BCUT2D eigenvalue weighted by atomic mass is 9.96. The van der Waals surface area contributed by atoms with Crippen molar-refractivity contribution in [2.24, 2.45) is 17.8 Å². The van der Waals surface area contributed by atoms with Gasteiger partial charge in [0.05, 0.1) is 5.69 Å². The van der Waals surface area contributed by atoms with Crippen LogP contribution in [0.15, 0.2) is 21.5 Å². The zero-order valence-electron chi connectivity index (χ0n) is 21.6. The summed E-state index contributed by atoms with van der Waals surface area (Å²) in [7, 11) is 0. The van der Waals surface area contributed by atoms with E-state index in [1.807, 2.05) is 27.7 Å². The Morgan fingerprint density at radius 2 is 1.21 bits per heavy atom. The van der Waals surface area contributed by atoms with Gasteiger partial charge in [-0.15, -0.1) is 0 Å². The largest absolute Gasteiger partial charge is 0.287 e. The average Bonchev–Trinajstić information content (AvgIpc) is 2.82. The molecule has 0 saturated carbocycles. The molecule has 0 aliphatic rings. The van der Waals surface area contributed by atoms with Gasteiger partial charge in [-0.1, -0.05) is 91.8 Å². The summed E-state index contributed by atoms with van der Waals surface area (Å²) >= 11 is 4.39. The highest BCUT2D eigenvalue weighted by molar-refractivity contribution is 9.10. The van der Waals surface area contributed by atoms with Crippen LogP contribution in [0.3, 0.4) is 0 Å². The Morgan fingerprint density at radius 1 is 0.794 bits per heavy atom. The summed E-state index contributed by atoms with van der Waals surface area (Å²) in [6, 6.07) is 2.73. The lowest BCUT2D eigenvalue weighted by molar-refractivity contribution is -0.127. The number of rotatable bonds is 14. The van der Waals surface area contributed by atoms with Gasteiger partial charge in [-0.3, -0.25) is 14.4 Å². The minimum Gasteiger partial charge on any atom is -0.287 e. The van der Waals surface area contributed by atoms with Crippen molar-refractivity contribution in [2.75, 3.05) is 4.90 Å². The lowest BCUT2D eigenvalue weighted by Crippen LogP contribution is -2.39. The second-order valence-electron chi connectivity index (χ2n) is 8.99. The molecular formula is C27H41BrFNO3S. The molecule has 0 unspecified atom stereocenters. The minimum atomic E-state index is -0.653. The van der Waals surface area contributed by atoms with Crippen molar-refractivity contribution in [3.05, 3.63) is 22.4 Å². The van der Waals surface area contributed by atoms with E-state index < -0.39 is 5.82 Å². The van der Waals surface area contributed by atoms with Crippen molar-refractivity contribution in [1.29, 1.82) is 0 Å². The van der Waals surface area contributed by atoms with Crippen LogP contribution in [0.4, 0.5) is 10.1 Å². The number of carbonyl (C=O) groups excluding carboxylic acids is 3. The molecule has 1 aromatic rings. The minimum absolute atomic E-state index is 0.00905. The molecule has 192 valence electrons. The van der Waals surface area contributed by atoms with Gasteiger partial charge in [-0.25, -0.2) is 9.29 Å². The van der Waals surface area contributed by atoms with Crippen LogP contribution in [0.2, 0.25) is 0 Å². The van der Waals surface area contributed by atoms with Crippen molar-refractivity contribution in [3.63, 3.8) is 0 Å². The van der Waals surface area contributed by atoms with E-state index in [1.54, 1.807) is 0 Å². The number of thioether (sulfide) groups is 1. The fourth-order valence-corrected chi connectivity index (χ4v) is 5.43. The van der Waals surface area contributed by atoms with Gasteiger partial charge < -0.3 is 0 Å². The number of imide groups is 1. The highest BCUT2D eigenvalue weighted by Gasteiger charge is 2.30. The van der Waals surface area contributed by atoms with Gasteiger partial charge in [0.15, 0.2) is 5.12 Å². The molecule has 34 heavy (non-hydrogen) atoms. The van der Waals surface area contributed by atoms with Gasteiger partial charge >= 0.3 is 0 Å². The average molecular weight is 559 g/mol. The second kappa shape index (κ2) is 15.7. The van der Waals surface area contributed by atoms with Crippen LogP contribution in [-0.2, 0) is 14.4 Å². The molecule has 0 atom stereocenters. The van der Waals surface area contributed by atoms with Gasteiger partial charge in [-0.05, 0) is 45.8 Å². The fraction of sp³-hybridized carbons (Fsp3) is 0.667. The third kappa shape index (κ3) is 9.10. The molecule has 2 amide bonds. The second-order valence-corrected chi connectivity index (χ2v) is 10.9. The molecule has 0 fully saturated rings. The molecular weight excluding hydrogens is 517 g/mol. The molecule has 0 aliphatic carbocycles. The van der Waals surface area contributed by atoms with E-state index in [0.29, 0.717) is 21.7 Å². The molecule has 1 aromatic carbocycles. The van der Waals surface area contributed by atoms with Crippen LogP contribution in [-0.4, -0.2) is 16.9 Å². The maximum absolute atomic E-state index is 15.2. The van der Waals surface area contributed by atoms with E-state index in [2.05, 4.69) is 29.8 Å². The Kier molecular flexibility index (Phi) is 14.2. The van der Waals surface area contributed by atoms with Crippen LogP contribution in [0.5, 0.6) is 0 Å². The Balaban J connectivity index is 3.38. The number of anilines is 1. The van der Waals surface area contributed by atoms with Gasteiger partial charge in [0.25, 0.3) is 0 Å². The summed E-state index contributed by atoms with van der Waals surface area (Å²) in [4.78, 5) is 40.9. The fourth-order valence-electron chi connectivity index (χ4n) is 3.98. The van der Waals surface area contributed by atoms with Crippen molar-refractivity contribution in [2.45, 2.75) is 104 Å². The molecule has 0 radical (unpaired) electrons. The van der Waals surface area contributed by atoms with E-state index in [1.165, 1.54) is 12.1 Å². The summed E-state index contributed by atoms with van der Waals surface area (Å²) in [5, 5.41) is -0.00905. The van der Waals surface area contributed by atoms with Crippen LogP contribution in [0, 0.1) is 23.6 Å².